The molecule has 6 heteroatoms. The summed E-state index contributed by atoms with van der Waals surface area (Å²) in [5, 5.41) is 0.427. The van der Waals surface area contributed by atoms with Crippen molar-refractivity contribution in [1.82, 2.24) is 0 Å². The molecule has 2 aliphatic rings. The van der Waals surface area contributed by atoms with Crippen molar-refractivity contribution >= 4 is 23.2 Å². The van der Waals surface area contributed by atoms with Gasteiger partial charge in [-0.15, -0.1) is 0 Å². The number of para-hydroxylation sites is 1. The maximum atomic E-state index is 14.3. The van der Waals surface area contributed by atoms with Gasteiger partial charge >= 0.3 is 0 Å². The number of benzene rings is 3. The molecule has 0 radical (unpaired) electrons. The minimum atomic E-state index is -0.918. The monoisotopic (exact) mass is 465 g/mol. The third-order valence-electron chi connectivity index (χ3n) is 6.40. The lowest BCUT2D eigenvalue weighted by Crippen LogP contribution is -2.50. The maximum Gasteiger partial charge on any atom is 0.242 e. The van der Waals surface area contributed by atoms with E-state index in [1.54, 1.807) is 4.90 Å². The molecular weight excluding hydrogens is 441 g/mol. The first-order chi connectivity index (χ1) is 15.7. The van der Waals surface area contributed by atoms with Crippen LogP contribution >= 0.6 is 11.6 Å². The number of nitrogens with zero attached hydrogens (tertiary/aromatic N) is 1. The number of rotatable bonds is 4. The summed E-state index contributed by atoms with van der Waals surface area (Å²) < 4.78 is 26.0. The van der Waals surface area contributed by atoms with E-state index in [2.05, 4.69) is 0 Å². The molecule has 0 aliphatic carbocycles. The fraction of sp³-hybridized carbons (Fsp3) is 0.296. The van der Waals surface area contributed by atoms with Gasteiger partial charge in [-0.25, -0.2) is 4.39 Å². The summed E-state index contributed by atoms with van der Waals surface area (Å²) in [5.41, 5.74) is 1.60. The van der Waals surface area contributed by atoms with Gasteiger partial charge in [0.1, 0.15) is 28.3 Å². The maximum absolute atomic E-state index is 14.3. The van der Waals surface area contributed by atoms with Crippen molar-refractivity contribution in [2.45, 2.75) is 44.8 Å². The highest BCUT2D eigenvalue weighted by Gasteiger charge is 2.58. The van der Waals surface area contributed by atoms with Gasteiger partial charge < -0.3 is 14.4 Å². The van der Waals surface area contributed by atoms with Crippen LogP contribution in [0.3, 0.4) is 0 Å². The van der Waals surface area contributed by atoms with Gasteiger partial charge in [0.25, 0.3) is 0 Å². The molecule has 4 nitrogen and oxygen atoms in total. The van der Waals surface area contributed by atoms with E-state index >= 15 is 0 Å². The lowest BCUT2D eigenvalue weighted by atomic mass is 9.67. The molecule has 5 rings (SSSR count). The van der Waals surface area contributed by atoms with Crippen molar-refractivity contribution in [1.29, 1.82) is 0 Å². The molecule has 1 atom stereocenters. The average Bonchev–Trinajstić information content (AvgIpc) is 2.99. The smallest absolute Gasteiger partial charge is 0.242 e. The van der Waals surface area contributed by atoms with Crippen LogP contribution in [0.15, 0.2) is 60.7 Å². The minimum absolute atomic E-state index is 0.0641. The number of amides is 1. The normalized spacial score (nSPS) is 20.4. The zero-order valence-electron chi connectivity index (χ0n) is 18.8. The molecule has 1 spiro atoms. The summed E-state index contributed by atoms with van der Waals surface area (Å²) in [7, 11) is 0. The van der Waals surface area contributed by atoms with Crippen LogP contribution in [0.5, 0.6) is 11.5 Å². The van der Waals surface area contributed by atoms with E-state index in [9.17, 15) is 9.18 Å². The molecule has 1 amide bonds. The van der Waals surface area contributed by atoms with Gasteiger partial charge in [0.15, 0.2) is 0 Å². The Bertz CT molecular complexity index is 1260. The number of carbonyl (C=O) groups excluding carboxylic acids is 1. The van der Waals surface area contributed by atoms with E-state index in [1.165, 1.54) is 18.2 Å². The molecule has 2 heterocycles. The van der Waals surface area contributed by atoms with E-state index in [4.69, 9.17) is 21.1 Å². The van der Waals surface area contributed by atoms with Crippen molar-refractivity contribution in [3.8, 4) is 11.5 Å². The van der Waals surface area contributed by atoms with Gasteiger partial charge in [-0.3, -0.25) is 4.79 Å². The molecular formula is C27H25ClFNO3. The first kappa shape index (κ1) is 21.8. The van der Waals surface area contributed by atoms with Gasteiger partial charge in [0, 0.05) is 28.8 Å². The molecule has 3 aromatic rings. The van der Waals surface area contributed by atoms with Crippen molar-refractivity contribution in [3.63, 3.8) is 0 Å². The van der Waals surface area contributed by atoms with Crippen LogP contribution in [0.25, 0.3) is 0 Å². The first-order valence-corrected chi connectivity index (χ1v) is 11.4. The fourth-order valence-electron chi connectivity index (χ4n) is 5.21. The topological polar surface area (TPSA) is 38.8 Å². The number of fused-ring (bicyclic) bond motifs is 4. The Morgan fingerprint density at radius 3 is 2.67 bits per heavy atom. The highest BCUT2D eigenvalue weighted by atomic mass is 35.5. The average molecular weight is 466 g/mol. The Kier molecular flexibility index (Phi) is 5.13. The third kappa shape index (κ3) is 3.46. The van der Waals surface area contributed by atoms with E-state index in [0.717, 1.165) is 16.8 Å². The Balaban J connectivity index is 1.69. The largest absolute Gasteiger partial charge is 0.494 e. The molecule has 1 unspecified atom stereocenters. The highest BCUT2D eigenvalue weighted by Crippen LogP contribution is 2.56. The van der Waals surface area contributed by atoms with Crippen molar-refractivity contribution in [2.75, 3.05) is 11.5 Å². The number of anilines is 1. The molecule has 170 valence electrons. The Morgan fingerprint density at radius 1 is 1.09 bits per heavy atom. The van der Waals surface area contributed by atoms with Crippen LogP contribution in [0.1, 0.15) is 43.9 Å². The molecule has 0 aromatic heterocycles. The van der Waals surface area contributed by atoms with Crippen molar-refractivity contribution in [3.05, 3.63) is 88.2 Å². The van der Waals surface area contributed by atoms with E-state index < -0.39 is 11.0 Å². The van der Waals surface area contributed by atoms with Crippen LogP contribution in [0, 0.1) is 5.82 Å². The quantitative estimate of drug-likeness (QED) is 0.455. The SMILES string of the molecule is CCOc1ccc2c(c1)OC(C)(C)CC21C(=O)N(Cc2cc(F)ccc2Cl)c2ccccc21. The Hall–Kier alpha value is -3.05. The minimum Gasteiger partial charge on any atom is -0.494 e. The van der Waals surface area contributed by atoms with Gasteiger partial charge in [-0.2, -0.15) is 0 Å². The molecule has 0 N–H and O–H groups in total. The van der Waals surface area contributed by atoms with Gasteiger partial charge in [0.2, 0.25) is 5.91 Å². The van der Waals surface area contributed by atoms with E-state index in [-0.39, 0.29) is 18.3 Å². The predicted octanol–water partition coefficient (Wildman–Crippen LogP) is 6.27. The summed E-state index contributed by atoms with van der Waals surface area (Å²) >= 11 is 6.36. The number of hydrogen-bond donors (Lipinski definition) is 0. The Labute approximate surface area is 197 Å². The summed E-state index contributed by atoms with van der Waals surface area (Å²) in [5.74, 6) is 0.896. The van der Waals surface area contributed by atoms with E-state index in [0.29, 0.717) is 35.1 Å². The summed E-state index contributed by atoms with van der Waals surface area (Å²) in [4.78, 5) is 16.0. The summed E-state index contributed by atoms with van der Waals surface area (Å²) in [6.07, 6.45) is 0.476. The van der Waals surface area contributed by atoms with Crippen LogP contribution < -0.4 is 14.4 Å². The van der Waals surface area contributed by atoms with Gasteiger partial charge in [-0.1, -0.05) is 35.9 Å². The van der Waals surface area contributed by atoms with E-state index in [1.807, 2.05) is 63.2 Å². The molecule has 3 aromatic carbocycles. The Morgan fingerprint density at radius 2 is 1.88 bits per heavy atom. The third-order valence-corrected chi connectivity index (χ3v) is 6.77. The molecule has 2 aliphatic heterocycles. The predicted molar refractivity (Wildman–Crippen MR) is 127 cm³/mol. The number of ether oxygens (including phenoxy) is 2. The lowest BCUT2D eigenvalue weighted by molar-refractivity contribution is -0.124. The highest BCUT2D eigenvalue weighted by molar-refractivity contribution is 6.31. The zero-order chi connectivity index (χ0) is 23.4. The molecule has 0 fully saturated rings. The van der Waals surface area contributed by atoms with Gasteiger partial charge in [0.05, 0.1) is 13.2 Å². The molecule has 33 heavy (non-hydrogen) atoms. The van der Waals surface area contributed by atoms with Crippen LogP contribution in [-0.4, -0.2) is 18.1 Å². The molecule has 0 bridgehead atoms. The second kappa shape index (κ2) is 7.77. The standard InChI is InChI=1S/C27H25ClFNO3/c1-4-32-19-10-11-21-24(14-19)33-26(2,3)16-27(21)20-7-5-6-8-23(20)30(25(27)31)15-17-13-18(29)9-12-22(17)28/h5-14H,4,15-16H2,1-3H3. The second-order valence-corrected chi connectivity index (χ2v) is 9.59. The lowest BCUT2D eigenvalue weighted by Gasteiger charge is -2.43. The van der Waals surface area contributed by atoms with Crippen molar-refractivity contribution < 1.29 is 18.7 Å². The van der Waals surface area contributed by atoms with Crippen LogP contribution in [0.4, 0.5) is 10.1 Å². The summed E-state index contributed by atoms with van der Waals surface area (Å²) in [6, 6.07) is 17.7. The van der Waals surface area contributed by atoms with Crippen LogP contribution in [0.2, 0.25) is 5.02 Å². The number of carbonyl (C=O) groups is 1. The second-order valence-electron chi connectivity index (χ2n) is 9.18. The molecule has 0 saturated heterocycles. The van der Waals surface area contributed by atoms with Gasteiger partial charge in [-0.05, 0) is 62.2 Å². The van der Waals surface area contributed by atoms with Crippen LogP contribution in [-0.2, 0) is 16.8 Å². The fourth-order valence-corrected chi connectivity index (χ4v) is 5.39. The number of halogens is 2. The van der Waals surface area contributed by atoms with Crippen molar-refractivity contribution in [2.24, 2.45) is 0 Å². The zero-order valence-corrected chi connectivity index (χ0v) is 19.6. The molecule has 0 saturated carbocycles. The summed E-state index contributed by atoms with van der Waals surface area (Å²) in [6.45, 7) is 6.64. The first-order valence-electron chi connectivity index (χ1n) is 11.1. The number of hydrogen-bond acceptors (Lipinski definition) is 3.